The smallest absolute Gasteiger partial charge is 0.248 e. The van der Waals surface area contributed by atoms with E-state index >= 15 is 0 Å². The molecule has 94 valence electrons. The van der Waals surface area contributed by atoms with Gasteiger partial charge in [0.2, 0.25) is 5.91 Å². The molecule has 5 heteroatoms. The van der Waals surface area contributed by atoms with E-state index in [2.05, 4.69) is 19.2 Å². The van der Waals surface area contributed by atoms with Crippen LogP contribution in [0.15, 0.2) is 18.2 Å². The summed E-state index contributed by atoms with van der Waals surface area (Å²) in [6.45, 7) is 4.68. The van der Waals surface area contributed by atoms with Crippen LogP contribution in [-0.2, 0) is 0 Å². The summed E-state index contributed by atoms with van der Waals surface area (Å²) >= 11 is 6.07. The lowest BCUT2D eigenvalue weighted by atomic mass is 10.0. The Balaban J connectivity index is 2.89. The molecule has 0 saturated carbocycles. The third-order valence-electron chi connectivity index (χ3n) is 2.65. The number of nitrogens with one attached hydrogen (secondary N) is 1. The maximum absolute atomic E-state index is 11.0. The van der Waals surface area contributed by atoms with E-state index in [9.17, 15) is 4.79 Å². The fourth-order valence-electron chi connectivity index (χ4n) is 1.48. The molecule has 1 aromatic carbocycles. The van der Waals surface area contributed by atoms with E-state index < -0.39 is 5.91 Å². The second-order valence-electron chi connectivity index (χ2n) is 4.29. The number of anilines is 1. The Morgan fingerprint density at radius 2 is 2.12 bits per heavy atom. The lowest BCUT2D eigenvalue weighted by molar-refractivity contribution is 0.100. The fourth-order valence-corrected chi connectivity index (χ4v) is 1.72. The topological polar surface area (TPSA) is 81.1 Å². The van der Waals surface area contributed by atoms with Crippen molar-refractivity contribution in [1.82, 2.24) is 0 Å². The van der Waals surface area contributed by atoms with Crippen LogP contribution in [0.2, 0.25) is 5.02 Å². The van der Waals surface area contributed by atoms with Gasteiger partial charge in [-0.25, -0.2) is 0 Å². The Kier molecular flexibility index (Phi) is 4.78. The lowest BCUT2D eigenvalue weighted by Gasteiger charge is -2.22. The number of carbonyl (C=O) groups is 1. The highest BCUT2D eigenvalue weighted by Gasteiger charge is 2.13. The van der Waals surface area contributed by atoms with Crippen molar-refractivity contribution in [3.63, 3.8) is 0 Å². The molecule has 1 rings (SSSR count). The van der Waals surface area contributed by atoms with Crippen LogP contribution in [0.3, 0.4) is 0 Å². The van der Waals surface area contributed by atoms with Gasteiger partial charge in [-0.05, 0) is 24.1 Å². The van der Waals surface area contributed by atoms with E-state index in [-0.39, 0.29) is 6.04 Å². The maximum atomic E-state index is 11.0. The third-order valence-corrected chi connectivity index (χ3v) is 2.97. The quantitative estimate of drug-likeness (QED) is 0.751. The molecule has 0 bridgehead atoms. The van der Waals surface area contributed by atoms with E-state index in [0.29, 0.717) is 23.0 Å². The Morgan fingerprint density at radius 1 is 1.47 bits per heavy atom. The molecule has 0 saturated heterocycles. The highest BCUT2D eigenvalue weighted by molar-refractivity contribution is 6.33. The van der Waals surface area contributed by atoms with E-state index in [1.54, 1.807) is 18.2 Å². The fraction of sp³-hybridized carbons (Fsp3) is 0.417. The van der Waals surface area contributed by atoms with Crippen LogP contribution in [0.1, 0.15) is 24.2 Å². The summed E-state index contributed by atoms with van der Waals surface area (Å²) in [5, 5.41) is 3.73. The van der Waals surface area contributed by atoms with Gasteiger partial charge >= 0.3 is 0 Å². The molecule has 1 atom stereocenters. The SMILES string of the molecule is CC(C)C(CN)Nc1ccc(C(N)=O)cc1Cl. The van der Waals surface area contributed by atoms with E-state index in [0.717, 1.165) is 5.69 Å². The minimum absolute atomic E-state index is 0.145. The number of hydrogen-bond acceptors (Lipinski definition) is 3. The molecule has 0 fully saturated rings. The van der Waals surface area contributed by atoms with Crippen LogP contribution < -0.4 is 16.8 Å². The summed E-state index contributed by atoms with van der Waals surface area (Å²) in [4.78, 5) is 11.0. The predicted octanol–water partition coefficient (Wildman–Crippen LogP) is 1.83. The molecule has 0 spiro atoms. The average molecular weight is 256 g/mol. The summed E-state index contributed by atoms with van der Waals surface area (Å²) in [6, 6.07) is 5.09. The molecule has 0 heterocycles. The van der Waals surface area contributed by atoms with Crippen LogP contribution >= 0.6 is 11.6 Å². The van der Waals surface area contributed by atoms with Crippen LogP contribution in [0.4, 0.5) is 5.69 Å². The maximum Gasteiger partial charge on any atom is 0.248 e. The molecular formula is C12H18ClN3O. The first-order chi connectivity index (χ1) is 7.95. The number of halogens is 1. The first-order valence-corrected chi connectivity index (χ1v) is 5.89. The number of carbonyl (C=O) groups excluding carboxylic acids is 1. The zero-order valence-corrected chi connectivity index (χ0v) is 10.8. The van der Waals surface area contributed by atoms with Crippen molar-refractivity contribution >= 4 is 23.2 Å². The molecule has 17 heavy (non-hydrogen) atoms. The van der Waals surface area contributed by atoms with Crippen molar-refractivity contribution in [1.29, 1.82) is 0 Å². The van der Waals surface area contributed by atoms with Crippen LogP contribution in [0, 0.1) is 5.92 Å². The van der Waals surface area contributed by atoms with Crippen molar-refractivity contribution in [3.8, 4) is 0 Å². The first-order valence-electron chi connectivity index (χ1n) is 5.51. The number of nitrogens with two attached hydrogens (primary N) is 2. The summed E-state index contributed by atoms with van der Waals surface area (Å²) in [5.74, 6) is -0.0930. The molecule has 5 N–H and O–H groups in total. The second kappa shape index (κ2) is 5.89. The molecule has 0 radical (unpaired) electrons. The Morgan fingerprint density at radius 3 is 2.53 bits per heavy atom. The van der Waals surface area contributed by atoms with E-state index in [1.807, 2.05) is 0 Å². The number of amides is 1. The first kappa shape index (κ1) is 13.8. The number of hydrogen-bond donors (Lipinski definition) is 3. The highest BCUT2D eigenvalue weighted by atomic mass is 35.5. The Labute approximate surface area is 106 Å². The van der Waals surface area contributed by atoms with Crippen LogP contribution in [-0.4, -0.2) is 18.5 Å². The number of rotatable bonds is 5. The zero-order valence-electron chi connectivity index (χ0n) is 10.0. The molecule has 1 aromatic rings. The second-order valence-corrected chi connectivity index (χ2v) is 4.70. The van der Waals surface area contributed by atoms with Gasteiger partial charge in [0.25, 0.3) is 0 Å². The van der Waals surface area contributed by atoms with Crippen molar-refractivity contribution in [3.05, 3.63) is 28.8 Å². The van der Waals surface area contributed by atoms with Gasteiger partial charge in [-0.15, -0.1) is 0 Å². The van der Waals surface area contributed by atoms with Gasteiger partial charge in [0, 0.05) is 18.2 Å². The third kappa shape index (κ3) is 3.61. The molecule has 4 nitrogen and oxygen atoms in total. The van der Waals surface area contributed by atoms with E-state index in [1.165, 1.54) is 0 Å². The summed E-state index contributed by atoms with van der Waals surface area (Å²) in [5.41, 5.74) is 12.0. The number of primary amides is 1. The van der Waals surface area contributed by atoms with Crippen LogP contribution in [0.5, 0.6) is 0 Å². The van der Waals surface area contributed by atoms with Gasteiger partial charge in [0.1, 0.15) is 0 Å². The zero-order chi connectivity index (χ0) is 13.0. The Bertz CT molecular complexity index is 407. The van der Waals surface area contributed by atoms with Gasteiger partial charge in [-0.1, -0.05) is 25.4 Å². The minimum Gasteiger partial charge on any atom is -0.380 e. The van der Waals surface area contributed by atoms with Gasteiger partial charge in [0.15, 0.2) is 0 Å². The monoisotopic (exact) mass is 255 g/mol. The standard InChI is InChI=1S/C12H18ClN3O/c1-7(2)11(6-14)16-10-4-3-8(12(15)17)5-9(10)13/h3-5,7,11,16H,6,14H2,1-2H3,(H2,15,17). The van der Waals surface area contributed by atoms with Gasteiger partial charge in [-0.2, -0.15) is 0 Å². The van der Waals surface area contributed by atoms with Crippen molar-refractivity contribution in [2.24, 2.45) is 17.4 Å². The average Bonchev–Trinajstić information content (AvgIpc) is 2.26. The summed E-state index contributed by atoms with van der Waals surface area (Å²) < 4.78 is 0. The van der Waals surface area contributed by atoms with Crippen molar-refractivity contribution in [2.75, 3.05) is 11.9 Å². The van der Waals surface area contributed by atoms with Gasteiger partial charge < -0.3 is 16.8 Å². The van der Waals surface area contributed by atoms with Gasteiger partial charge in [-0.3, -0.25) is 4.79 Å². The predicted molar refractivity (Wildman–Crippen MR) is 71.3 cm³/mol. The number of benzene rings is 1. The highest BCUT2D eigenvalue weighted by Crippen LogP contribution is 2.24. The Hall–Kier alpha value is -1.26. The normalized spacial score (nSPS) is 12.5. The summed E-state index contributed by atoms with van der Waals surface area (Å²) in [6.07, 6.45) is 0. The lowest BCUT2D eigenvalue weighted by Crippen LogP contribution is -2.33. The molecule has 0 aliphatic heterocycles. The van der Waals surface area contributed by atoms with E-state index in [4.69, 9.17) is 23.1 Å². The van der Waals surface area contributed by atoms with Crippen molar-refractivity contribution < 1.29 is 4.79 Å². The summed E-state index contributed by atoms with van der Waals surface area (Å²) in [7, 11) is 0. The largest absolute Gasteiger partial charge is 0.380 e. The molecule has 1 unspecified atom stereocenters. The molecule has 1 amide bonds. The molecule has 0 aromatic heterocycles. The van der Waals surface area contributed by atoms with Crippen LogP contribution in [0.25, 0.3) is 0 Å². The minimum atomic E-state index is -0.488. The van der Waals surface area contributed by atoms with Gasteiger partial charge in [0.05, 0.1) is 10.7 Å². The molecule has 0 aliphatic rings. The molecule has 0 aliphatic carbocycles. The molecular weight excluding hydrogens is 238 g/mol. The van der Waals surface area contributed by atoms with Crippen molar-refractivity contribution in [2.45, 2.75) is 19.9 Å².